The number of halogens is 1. The van der Waals surface area contributed by atoms with E-state index < -0.39 is 6.10 Å². The van der Waals surface area contributed by atoms with Crippen LogP contribution < -0.4 is 4.90 Å². The van der Waals surface area contributed by atoms with Gasteiger partial charge in [-0.15, -0.1) is 11.3 Å². The highest BCUT2D eigenvalue weighted by atomic mass is 79.9. The molecule has 96 valence electrons. The van der Waals surface area contributed by atoms with E-state index in [0.29, 0.717) is 0 Å². The standard InChI is InChI=1S/C13H15BrN2OS/c1-9(17)12-4-3-11(5-13(12)14)16(2)6-10-7-18-8-15-10/h3-5,7-9,17H,6H2,1-2H3/t9-/m1/s1. The van der Waals surface area contributed by atoms with Gasteiger partial charge in [-0.2, -0.15) is 0 Å². The molecule has 2 rings (SSSR count). The van der Waals surface area contributed by atoms with Crippen molar-refractivity contribution in [1.29, 1.82) is 0 Å². The van der Waals surface area contributed by atoms with Gasteiger partial charge in [0.05, 0.1) is 23.9 Å². The van der Waals surface area contributed by atoms with E-state index in [4.69, 9.17) is 0 Å². The molecule has 1 atom stereocenters. The predicted octanol–water partition coefficient (Wildman–Crippen LogP) is 3.60. The highest BCUT2D eigenvalue weighted by molar-refractivity contribution is 9.10. The van der Waals surface area contributed by atoms with Gasteiger partial charge in [0.2, 0.25) is 0 Å². The van der Waals surface area contributed by atoms with Gasteiger partial charge < -0.3 is 10.0 Å². The number of aliphatic hydroxyl groups is 1. The molecule has 0 spiro atoms. The lowest BCUT2D eigenvalue weighted by molar-refractivity contribution is 0.198. The average molecular weight is 327 g/mol. The minimum absolute atomic E-state index is 0.461. The number of aromatic nitrogens is 1. The SMILES string of the molecule is C[C@@H](O)c1ccc(N(C)Cc2cscn2)cc1Br. The summed E-state index contributed by atoms with van der Waals surface area (Å²) in [5.74, 6) is 0. The van der Waals surface area contributed by atoms with Gasteiger partial charge in [-0.3, -0.25) is 0 Å². The van der Waals surface area contributed by atoms with E-state index in [-0.39, 0.29) is 0 Å². The molecule has 3 nitrogen and oxygen atoms in total. The normalized spacial score (nSPS) is 12.4. The predicted molar refractivity (Wildman–Crippen MR) is 79.0 cm³/mol. The van der Waals surface area contributed by atoms with Crippen LogP contribution in [-0.4, -0.2) is 17.1 Å². The topological polar surface area (TPSA) is 36.4 Å². The highest BCUT2D eigenvalue weighted by Crippen LogP contribution is 2.28. The van der Waals surface area contributed by atoms with Crippen molar-refractivity contribution in [1.82, 2.24) is 4.98 Å². The zero-order chi connectivity index (χ0) is 13.1. The van der Waals surface area contributed by atoms with Crippen LogP contribution >= 0.6 is 27.3 Å². The Morgan fingerprint density at radius 3 is 2.83 bits per heavy atom. The zero-order valence-corrected chi connectivity index (χ0v) is 12.7. The molecule has 0 radical (unpaired) electrons. The summed E-state index contributed by atoms with van der Waals surface area (Å²) < 4.78 is 0.931. The summed E-state index contributed by atoms with van der Waals surface area (Å²) in [6.45, 7) is 2.54. The minimum Gasteiger partial charge on any atom is -0.389 e. The lowest BCUT2D eigenvalue weighted by Crippen LogP contribution is -2.16. The van der Waals surface area contributed by atoms with Gasteiger partial charge in [0.25, 0.3) is 0 Å². The number of anilines is 1. The zero-order valence-electron chi connectivity index (χ0n) is 10.3. The maximum atomic E-state index is 9.59. The molecule has 0 saturated carbocycles. The van der Waals surface area contributed by atoms with Crippen LogP contribution in [0.25, 0.3) is 0 Å². The number of aliphatic hydroxyl groups excluding tert-OH is 1. The molecule has 2 aromatic rings. The number of hydrogen-bond acceptors (Lipinski definition) is 4. The van der Waals surface area contributed by atoms with E-state index in [9.17, 15) is 5.11 Å². The Labute approximate surface area is 119 Å². The summed E-state index contributed by atoms with van der Waals surface area (Å²) in [4.78, 5) is 6.41. The number of rotatable bonds is 4. The van der Waals surface area contributed by atoms with Crippen molar-refractivity contribution in [2.75, 3.05) is 11.9 Å². The Hall–Kier alpha value is -0.910. The van der Waals surface area contributed by atoms with Crippen molar-refractivity contribution in [3.8, 4) is 0 Å². The molecule has 0 fully saturated rings. The summed E-state index contributed by atoms with van der Waals surface area (Å²) in [6.07, 6.45) is -0.461. The maximum absolute atomic E-state index is 9.59. The number of nitrogens with zero attached hydrogens (tertiary/aromatic N) is 2. The molecule has 1 heterocycles. The number of benzene rings is 1. The summed E-state index contributed by atoms with van der Waals surface area (Å²) >= 11 is 5.10. The molecular formula is C13H15BrN2OS. The molecule has 0 amide bonds. The molecule has 5 heteroatoms. The smallest absolute Gasteiger partial charge is 0.0795 e. The van der Waals surface area contributed by atoms with Gasteiger partial charge in [-0.25, -0.2) is 4.98 Å². The lowest BCUT2D eigenvalue weighted by Gasteiger charge is -2.19. The second-order valence-corrected chi connectivity index (χ2v) is 5.79. The summed E-state index contributed by atoms with van der Waals surface area (Å²) in [6, 6.07) is 5.98. The monoisotopic (exact) mass is 326 g/mol. The Balaban J connectivity index is 2.16. The van der Waals surface area contributed by atoms with Crippen LogP contribution in [0.2, 0.25) is 0 Å². The highest BCUT2D eigenvalue weighted by Gasteiger charge is 2.09. The first-order chi connectivity index (χ1) is 8.58. The van der Waals surface area contributed by atoms with Gasteiger partial charge in [-0.05, 0) is 24.6 Å². The molecular weight excluding hydrogens is 312 g/mol. The van der Waals surface area contributed by atoms with E-state index in [0.717, 1.165) is 28.0 Å². The maximum Gasteiger partial charge on any atom is 0.0795 e. The van der Waals surface area contributed by atoms with E-state index in [2.05, 4.69) is 31.2 Å². The molecule has 1 aromatic heterocycles. The number of hydrogen-bond donors (Lipinski definition) is 1. The van der Waals surface area contributed by atoms with Crippen LogP contribution in [0.4, 0.5) is 5.69 Å². The van der Waals surface area contributed by atoms with Crippen molar-refractivity contribution in [2.45, 2.75) is 19.6 Å². The van der Waals surface area contributed by atoms with Crippen molar-refractivity contribution < 1.29 is 5.11 Å². The third kappa shape index (κ3) is 3.10. The summed E-state index contributed by atoms with van der Waals surface area (Å²) in [5, 5.41) is 11.6. The van der Waals surface area contributed by atoms with Crippen LogP contribution in [-0.2, 0) is 6.54 Å². The van der Waals surface area contributed by atoms with E-state index in [1.807, 2.05) is 30.8 Å². The Morgan fingerprint density at radius 2 is 2.28 bits per heavy atom. The van der Waals surface area contributed by atoms with Gasteiger partial charge in [0.1, 0.15) is 0 Å². The molecule has 1 N–H and O–H groups in total. The Bertz CT molecular complexity index is 514. The second-order valence-electron chi connectivity index (χ2n) is 4.22. The lowest BCUT2D eigenvalue weighted by atomic mass is 10.1. The van der Waals surface area contributed by atoms with Crippen LogP contribution in [0.1, 0.15) is 24.3 Å². The molecule has 0 unspecified atom stereocenters. The summed E-state index contributed by atoms with van der Waals surface area (Å²) in [5.41, 5.74) is 4.91. The number of thiazole rings is 1. The van der Waals surface area contributed by atoms with Crippen molar-refractivity contribution in [3.05, 3.63) is 44.8 Å². The third-order valence-corrected chi connectivity index (χ3v) is 4.08. The molecule has 0 aliphatic heterocycles. The van der Waals surface area contributed by atoms with Gasteiger partial charge in [0, 0.05) is 22.6 Å². The fourth-order valence-electron chi connectivity index (χ4n) is 1.74. The molecule has 0 saturated heterocycles. The largest absolute Gasteiger partial charge is 0.389 e. The molecule has 1 aromatic carbocycles. The fraction of sp³-hybridized carbons (Fsp3) is 0.308. The van der Waals surface area contributed by atoms with Crippen LogP contribution in [0, 0.1) is 0 Å². The van der Waals surface area contributed by atoms with E-state index in [1.165, 1.54) is 0 Å². The second kappa shape index (κ2) is 5.82. The van der Waals surface area contributed by atoms with Gasteiger partial charge >= 0.3 is 0 Å². The summed E-state index contributed by atoms with van der Waals surface area (Å²) in [7, 11) is 2.03. The first-order valence-electron chi connectivity index (χ1n) is 5.63. The van der Waals surface area contributed by atoms with Crippen molar-refractivity contribution in [3.63, 3.8) is 0 Å². The van der Waals surface area contributed by atoms with E-state index in [1.54, 1.807) is 18.3 Å². The first kappa shape index (κ1) is 13.5. The van der Waals surface area contributed by atoms with Gasteiger partial charge in [-0.1, -0.05) is 22.0 Å². The Morgan fingerprint density at radius 1 is 1.50 bits per heavy atom. The van der Waals surface area contributed by atoms with E-state index >= 15 is 0 Å². The third-order valence-electron chi connectivity index (χ3n) is 2.76. The van der Waals surface area contributed by atoms with Gasteiger partial charge in [0.15, 0.2) is 0 Å². The van der Waals surface area contributed by atoms with Crippen molar-refractivity contribution >= 4 is 33.0 Å². The molecule has 18 heavy (non-hydrogen) atoms. The van der Waals surface area contributed by atoms with Crippen LogP contribution in [0.3, 0.4) is 0 Å². The Kier molecular flexibility index (Phi) is 4.37. The van der Waals surface area contributed by atoms with Crippen LogP contribution in [0.15, 0.2) is 33.6 Å². The fourth-order valence-corrected chi connectivity index (χ4v) is 2.99. The first-order valence-corrected chi connectivity index (χ1v) is 7.37. The minimum atomic E-state index is -0.461. The average Bonchev–Trinajstić information content (AvgIpc) is 2.81. The molecule has 0 bridgehead atoms. The molecule has 0 aliphatic rings. The quantitative estimate of drug-likeness (QED) is 0.932. The van der Waals surface area contributed by atoms with Crippen LogP contribution in [0.5, 0.6) is 0 Å². The molecule has 0 aliphatic carbocycles. The van der Waals surface area contributed by atoms with Crippen molar-refractivity contribution in [2.24, 2.45) is 0 Å².